The lowest BCUT2D eigenvalue weighted by Gasteiger charge is -2.29. The Morgan fingerprint density at radius 2 is 2.12 bits per heavy atom. The highest BCUT2D eigenvalue weighted by Crippen LogP contribution is 2.20. The van der Waals surface area contributed by atoms with Crippen LogP contribution in [0.5, 0.6) is 0 Å². The van der Waals surface area contributed by atoms with Gasteiger partial charge in [-0.05, 0) is 32.4 Å². The number of ether oxygens (including phenoxy) is 1. The maximum absolute atomic E-state index is 12.3. The molecule has 7 nitrogen and oxygen atoms in total. The van der Waals surface area contributed by atoms with Crippen molar-refractivity contribution in [3.8, 4) is 0 Å². The summed E-state index contributed by atoms with van der Waals surface area (Å²) in [5.74, 6) is -0.374. The summed E-state index contributed by atoms with van der Waals surface area (Å²) in [6.45, 7) is 6.17. The van der Waals surface area contributed by atoms with Gasteiger partial charge in [0.05, 0.1) is 18.2 Å². The second-order valence-corrected chi connectivity index (χ2v) is 6.66. The van der Waals surface area contributed by atoms with Crippen LogP contribution in [0.15, 0.2) is 41.6 Å². The number of anilines is 1. The average molecular weight is 358 g/mol. The van der Waals surface area contributed by atoms with Crippen molar-refractivity contribution in [2.45, 2.75) is 32.4 Å². The van der Waals surface area contributed by atoms with E-state index in [0.717, 1.165) is 25.2 Å². The zero-order valence-electron chi connectivity index (χ0n) is 15.2. The summed E-state index contributed by atoms with van der Waals surface area (Å²) in [5.41, 5.74) is 2.25. The van der Waals surface area contributed by atoms with Crippen LogP contribution in [-0.4, -0.2) is 55.2 Å². The number of para-hydroxylation sites is 1. The first-order chi connectivity index (χ1) is 12.6. The molecule has 1 aromatic rings. The molecule has 140 valence electrons. The van der Waals surface area contributed by atoms with Crippen LogP contribution < -0.4 is 16.0 Å². The van der Waals surface area contributed by atoms with E-state index in [1.807, 2.05) is 18.2 Å². The molecule has 2 heterocycles. The van der Waals surface area contributed by atoms with Gasteiger partial charge >= 0.3 is 12.0 Å². The third-order valence-electron chi connectivity index (χ3n) is 4.66. The first kappa shape index (κ1) is 18.3. The molecule has 0 saturated carbocycles. The normalized spacial score (nSPS) is 23.4. The highest BCUT2D eigenvalue weighted by atomic mass is 16.5. The lowest BCUT2D eigenvalue weighted by Crippen LogP contribution is -2.51. The smallest absolute Gasteiger partial charge is 0.337 e. The van der Waals surface area contributed by atoms with Gasteiger partial charge in [0, 0.05) is 37.1 Å². The number of benzene rings is 1. The SMILES string of the molecule is CCOC(=O)C1=C(CN2CCC(Nc3ccccc3)C2)NC(=O)NC1C. The van der Waals surface area contributed by atoms with Gasteiger partial charge in [-0.3, -0.25) is 4.90 Å². The van der Waals surface area contributed by atoms with E-state index in [1.54, 1.807) is 13.8 Å². The molecular formula is C19H26N4O3. The quantitative estimate of drug-likeness (QED) is 0.674. The Balaban J connectivity index is 1.66. The minimum atomic E-state index is -0.374. The summed E-state index contributed by atoms with van der Waals surface area (Å²) in [6, 6.07) is 9.83. The van der Waals surface area contributed by atoms with Crippen molar-refractivity contribution in [2.75, 3.05) is 31.6 Å². The number of carbonyl (C=O) groups is 2. The number of likely N-dealkylation sites (tertiary alicyclic amines) is 1. The first-order valence-electron chi connectivity index (χ1n) is 9.08. The molecule has 0 bridgehead atoms. The van der Waals surface area contributed by atoms with E-state index < -0.39 is 0 Å². The molecule has 2 aliphatic heterocycles. The monoisotopic (exact) mass is 358 g/mol. The zero-order valence-corrected chi connectivity index (χ0v) is 15.2. The van der Waals surface area contributed by atoms with Gasteiger partial charge in [0.1, 0.15) is 0 Å². The van der Waals surface area contributed by atoms with Crippen LogP contribution in [0, 0.1) is 0 Å². The van der Waals surface area contributed by atoms with Crippen LogP contribution in [0.1, 0.15) is 20.3 Å². The summed E-state index contributed by atoms with van der Waals surface area (Å²) in [7, 11) is 0. The maximum Gasteiger partial charge on any atom is 0.337 e. The summed E-state index contributed by atoms with van der Waals surface area (Å²) >= 11 is 0. The Labute approximate surface area is 153 Å². The van der Waals surface area contributed by atoms with E-state index in [0.29, 0.717) is 30.5 Å². The number of carbonyl (C=O) groups excluding carboxylic acids is 2. The van der Waals surface area contributed by atoms with Crippen molar-refractivity contribution in [3.63, 3.8) is 0 Å². The lowest BCUT2D eigenvalue weighted by atomic mass is 10.0. The predicted octanol–water partition coefficient (Wildman–Crippen LogP) is 1.69. The highest BCUT2D eigenvalue weighted by molar-refractivity contribution is 5.94. The Hall–Kier alpha value is -2.54. The van der Waals surface area contributed by atoms with Crippen LogP contribution in [0.2, 0.25) is 0 Å². The highest BCUT2D eigenvalue weighted by Gasteiger charge is 2.32. The predicted molar refractivity (Wildman–Crippen MR) is 99.7 cm³/mol. The number of esters is 1. The molecule has 2 unspecified atom stereocenters. The number of hydrogen-bond acceptors (Lipinski definition) is 5. The Morgan fingerprint density at radius 1 is 1.35 bits per heavy atom. The molecule has 2 atom stereocenters. The van der Waals surface area contributed by atoms with Gasteiger partial charge in [0.2, 0.25) is 0 Å². The molecule has 0 aliphatic carbocycles. The number of urea groups is 1. The molecule has 3 rings (SSSR count). The molecule has 1 aromatic carbocycles. The van der Waals surface area contributed by atoms with Gasteiger partial charge in [0.15, 0.2) is 0 Å². The zero-order chi connectivity index (χ0) is 18.5. The summed E-state index contributed by atoms with van der Waals surface area (Å²) in [5, 5.41) is 9.05. The number of nitrogens with one attached hydrogen (secondary N) is 3. The van der Waals surface area contributed by atoms with Gasteiger partial charge in [-0.15, -0.1) is 0 Å². The average Bonchev–Trinajstić information content (AvgIpc) is 3.02. The topological polar surface area (TPSA) is 82.7 Å². The van der Waals surface area contributed by atoms with E-state index in [-0.39, 0.29) is 18.0 Å². The summed E-state index contributed by atoms with van der Waals surface area (Å²) < 4.78 is 5.16. The third-order valence-corrected chi connectivity index (χ3v) is 4.66. The maximum atomic E-state index is 12.3. The van der Waals surface area contributed by atoms with Crippen molar-refractivity contribution < 1.29 is 14.3 Å². The van der Waals surface area contributed by atoms with Crippen molar-refractivity contribution in [1.29, 1.82) is 0 Å². The Morgan fingerprint density at radius 3 is 2.85 bits per heavy atom. The number of amides is 2. The Kier molecular flexibility index (Phi) is 5.78. The van der Waals surface area contributed by atoms with Gasteiger partial charge in [0.25, 0.3) is 0 Å². The molecule has 0 spiro atoms. The number of rotatable bonds is 6. The number of nitrogens with zero attached hydrogens (tertiary/aromatic N) is 1. The van der Waals surface area contributed by atoms with Gasteiger partial charge in [-0.25, -0.2) is 9.59 Å². The third kappa shape index (κ3) is 4.35. The van der Waals surface area contributed by atoms with E-state index in [1.165, 1.54) is 0 Å². The van der Waals surface area contributed by atoms with Gasteiger partial charge < -0.3 is 20.7 Å². The van der Waals surface area contributed by atoms with Crippen LogP contribution in [0.4, 0.5) is 10.5 Å². The first-order valence-corrected chi connectivity index (χ1v) is 9.08. The van der Waals surface area contributed by atoms with Gasteiger partial charge in [-0.2, -0.15) is 0 Å². The Bertz CT molecular complexity index is 689. The summed E-state index contributed by atoms with van der Waals surface area (Å²) in [4.78, 5) is 26.4. The molecule has 0 radical (unpaired) electrons. The molecule has 2 aliphatic rings. The van der Waals surface area contributed by atoms with Crippen molar-refractivity contribution in [2.24, 2.45) is 0 Å². The minimum Gasteiger partial charge on any atom is -0.463 e. The molecule has 1 fully saturated rings. The molecule has 1 saturated heterocycles. The fraction of sp³-hybridized carbons (Fsp3) is 0.474. The second-order valence-electron chi connectivity index (χ2n) is 6.66. The van der Waals surface area contributed by atoms with Gasteiger partial charge in [-0.1, -0.05) is 18.2 Å². The second kappa shape index (κ2) is 8.23. The van der Waals surface area contributed by atoms with Crippen molar-refractivity contribution in [1.82, 2.24) is 15.5 Å². The standard InChI is InChI=1S/C19H26N4O3/c1-3-26-18(24)17-13(2)20-19(25)22-16(17)12-23-10-9-15(11-23)21-14-7-5-4-6-8-14/h4-8,13,15,21H,3,9-12H2,1-2H3,(H2,20,22,25). The van der Waals surface area contributed by atoms with Crippen LogP contribution in [0.25, 0.3) is 0 Å². The fourth-order valence-electron chi connectivity index (χ4n) is 3.49. The summed E-state index contributed by atoms with van der Waals surface area (Å²) in [6.07, 6.45) is 1.01. The largest absolute Gasteiger partial charge is 0.463 e. The fourth-order valence-corrected chi connectivity index (χ4v) is 3.49. The van der Waals surface area contributed by atoms with Crippen molar-refractivity contribution >= 4 is 17.7 Å². The minimum absolute atomic E-state index is 0.279. The lowest BCUT2D eigenvalue weighted by molar-refractivity contribution is -0.139. The van der Waals surface area contributed by atoms with Crippen LogP contribution in [0.3, 0.4) is 0 Å². The number of hydrogen-bond donors (Lipinski definition) is 3. The molecular weight excluding hydrogens is 332 g/mol. The van der Waals surface area contributed by atoms with E-state index in [4.69, 9.17) is 4.74 Å². The molecule has 0 aromatic heterocycles. The molecule has 2 amide bonds. The van der Waals surface area contributed by atoms with E-state index >= 15 is 0 Å². The molecule has 3 N–H and O–H groups in total. The molecule has 7 heteroatoms. The van der Waals surface area contributed by atoms with Crippen LogP contribution >= 0.6 is 0 Å². The molecule has 26 heavy (non-hydrogen) atoms. The van der Waals surface area contributed by atoms with E-state index in [9.17, 15) is 9.59 Å². The van der Waals surface area contributed by atoms with E-state index in [2.05, 4.69) is 33.0 Å². The van der Waals surface area contributed by atoms with Crippen molar-refractivity contribution in [3.05, 3.63) is 41.6 Å². The van der Waals surface area contributed by atoms with Crippen LogP contribution in [-0.2, 0) is 9.53 Å².